The monoisotopic (exact) mass is 368 g/mol. The van der Waals surface area contributed by atoms with E-state index in [1.807, 2.05) is 12.1 Å². The molecule has 0 unspecified atom stereocenters. The molecule has 1 aliphatic heterocycles. The second-order valence-corrected chi connectivity index (χ2v) is 5.59. The van der Waals surface area contributed by atoms with Gasteiger partial charge >= 0.3 is 6.03 Å². The molecule has 27 heavy (non-hydrogen) atoms. The first-order chi connectivity index (χ1) is 13.2. The zero-order valence-electron chi connectivity index (χ0n) is 14.4. The normalized spacial score (nSPS) is 11.9. The minimum absolute atomic E-state index is 0.0819. The first-order valence-electron chi connectivity index (χ1n) is 8.13. The Morgan fingerprint density at radius 1 is 1.19 bits per heavy atom. The number of ether oxygens (including phenoxy) is 3. The summed E-state index contributed by atoms with van der Waals surface area (Å²) in [4.78, 5) is 16.3. The zero-order valence-corrected chi connectivity index (χ0v) is 14.4. The van der Waals surface area contributed by atoms with E-state index in [1.54, 1.807) is 30.3 Å². The Labute approximate surface area is 154 Å². The van der Waals surface area contributed by atoms with Crippen LogP contribution in [0, 0.1) is 0 Å². The number of nitrogens with one attached hydrogen (secondary N) is 2. The predicted octanol–water partition coefficient (Wildman–Crippen LogP) is 2.80. The van der Waals surface area contributed by atoms with Gasteiger partial charge in [-0.2, -0.15) is 4.98 Å². The van der Waals surface area contributed by atoms with E-state index in [-0.39, 0.29) is 19.2 Å². The highest BCUT2D eigenvalue weighted by Crippen LogP contribution is 2.35. The summed E-state index contributed by atoms with van der Waals surface area (Å²) in [5, 5.41) is 9.29. The second-order valence-electron chi connectivity index (χ2n) is 5.59. The number of aromatic nitrogens is 2. The summed E-state index contributed by atoms with van der Waals surface area (Å²) in [7, 11) is 1.54. The number of hydrogen-bond acceptors (Lipinski definition) is 7. The largest absolute Gasteiger partial charge is 0.495 e. The van der Waals surface area contributed by atoms with Crippen molar-refractivity contribution in [2.45, 2.75) is 6.54 Å². The Kier molecular flexibility index (Phi) is 4.48. The van der Waals surface area contributed by atoms with Crippen molar-refractivity contribution in [1.82, 2.24) is 15.5 Å². The number of methoxy groups -OCH3 is 1. The molecule has 3 aromatic rings. The van der Waals surface area contributed by atoms with Crippen LogP contribution in [0.5, 0.6) is 17.2 Å². The van der Waals surface area contributed by atoms with Gasteiger partial charge in [0.25, 0.3) is 0 Å². The number of rotatable bonds is 5. The first-order valence-corrected chi connectivity index (χ1v) is 8.13. The van der Waals surface area contributed by atoms with Crippen LogP contribution in [0.3, 0.4) is 0 Å². The van der Waals surface area contributed by atoms with Crippen molar-refractivity contribution in [3.05, 3.63) is 48.4 Å². The van der Waals surface area contributed by atoms with Gasteiger partial charge in [-0.25, -0.2) is 4.79 Å². The number of hydrogen-bond donors (Lipinski definition) is 2. The molecule has 0 spiro atoms. The number of carbonyl (C=O) groups excluding carboxylic acids is 1. The summed E-state index contributed by atoms with van der Waals surface area (Å²) in [6.07, 6.45) is 0. The van der Waals surface area contributed by atoms with Crippen LogP contribution in [-0.2, 0) is 6.54 Å². The molecular formula is C18H16N4O5. The van der Waals surface area contributed by atoms with Crippen molar-refractivity contribution in [2.75, 3.05) is 19.2 Å². The maximum Gasteiger partial charge on any atom is 0.319 e. The van der Waals surface area contributed by atoms with Gasteiger partial charge in [0, 0.05) is 5.56 Å². The molecule has 2 aromatic carbocycles. The van der Waals surface area contributed by atoms with Gasteiger partial charge in [0.2, 0.25) is 18.5 Å². The molecular weight excluding hydrogens is 352 g/mol. The minimum atomic E-state index is -0.415. The smallest absolute Gasteiger partial charge is 0.319 e. The lowest BCUT2D eigenvalue weighted by Crippen LogP contribution is -2.28. The van der Waals surface area contributed by atoms with Gasteiger partial charge in [-0.3, -0.25) is 0 Å². The molecule has 0 atom stereocenters. The third-order valence-electron chi connectivity index (χ3n) is 3.85. The van der Waals surface area contributed by atoms with Crippen molar-refractivity contribution in [3.63, 3.8) is 0 Å². The maximum absolute atomic E-state index is 12.1. The molecule has 0 fully saturated rings. The van der Waals surface area contributed by atoms with Gasteiger partial charge in [0.15, 0.2) is 11.5 Å². The average Bonchev–Trinajstić information content (AvgIpc) is 3.35. The highest BCUT2D eigenvalue weighted by atomic mass is 16.7. The predicted molar refractivity (Wildman–Crippen MR) is 94.7 cm³/mol. The summed E-state index contributed by atoms with van der Waals surface area (Å²) in [5.74, 6) is 2.55. The Morgan fingerprint density at radius 3 is 2.93 bits per heavy atom. The number of nitrogens with zero attached hydrogens (tertiary/aromatic N) is 2. The van der Waals surface area contributed by atoms with Crippen molar-refractivity contribution in [2.24, 2.45) is 0 Å². The van der Waals surface area contributed by atoms with Crippen molar-refractivity contribution in [1.29, 1.82) is 0 Å². The Balaban J connectivity index is 1.37. The Bertz CT molecular complexity index is 972. The van der Waals surface area contributed by atoms with E-state index in [1.165, 1.54) is 7.11 Å². The zero-order chi connectivity index (χ0) is 18.6. The highest BCUT2D eigenvalue weighted by Gasteiger charge is 2.17. The van der Waals surface area contributed by atoms with E-state index in [0.29, 0.717) is 28.8 Å². The van der Waals surface area contributed by atoms with Gasteiger partial charge in [-0.05, 0) is 30.3 Å². The maximum atomic E-state index is 12.1. The number of carbonyl (C=O) groups is 1. The van der Waals surface area contributed by atoms with Crippen LogP contribution in [0.15, 0.2) is 47.0 Å². The average molecular weight is 368 g/mol. The molecule has 0 aliphatic carbocycles. The lowest BCUT2D eigenvalue weighted by atomic mass is 10.2. The summed E-state index contributed by atoms with van der Waals surface area (Å²) in [6.45, 7) is 0.278. The lowest BCUT2D eigenvalue weighted by molar-refractivity contribution is 0.174. The third-order valence-corrected chi connectivity index (χ3v) is 3.85. The molecule has 1 aromatic heterocycles. The number of urea groups is 1. The van der Waals surface area contributed by atoms with Gasteiger partial charge in [-0.15, -0.1) is 0 Å². The molecule has 2 heterocycles. The number of fused-ring (bicyclic) bond motifs is 1. The van der Waals surface area contributed by atoms with E-state index >= 15 is 0 Å². The molecule has 0 saturated heterocycles. The van der Waals surface area contributed by atoms with Crippen molar-refractivity contribution >= 4 is 11.7 Å². The number of para-hydroxylation sites is 2. The molecule has 138 valence electrons. The van der Waals surface area contributed by atoms with Crippen LogP contribution < -0.4 is 24.8 Å². The fourth-order valence-corrected chi connectivity index (χ4v) is 2.55. The molecule has 0 saturated carbocycles. The van der Waals surface area contributed by atoms with Crippen LogP contribution in [0.1, 0.15) is 5.89 Å². The minimum Gasteiger partial charge on any atom is -0.495 e. The van der Waals surface area contributed by atoms with Crippen LogP contribution >= 0.6 is 0 Å². The first kappa shape index (κ1) is 16.7. The van der Waals surface area contributed by atoms with Crippen LogP contribution in [0.25, 0.3) is 11.4 Å². The summed E-state index contributed by atoms with van der Waals surface area (Å²) < 4.78 is 21.0. The highest BCUT2D eigenvalue weighted by molar-refractivity contribution is 5.90. The molecule has 9 nitrogen and oxygen atoms in total. The van der Waals surface area contributed by atoms with Gasteiger partial charge in [0.05, 0.1) is 19.3 Å². The quantitative estimate of drug-likeness (QED) is 0.713. The van der Waals surface area contributed by atoms with E-state index in [2.05, 4.69) is 20.8 Å². The van der Waals surface area contributed by atoms with Crippen molar-refractivity contribution < 1.29 is 23.5 Å². The van der Waals surface area contributed by atoms with Crippen LogP contribution in [0.2, 0.25) is 0 Å². The second kappa shape index (κ2) is 7.24. The lowest BCUT2D eigenvalue weighted by Gasteiger charge is -2.09. The SMILES string of the molecule is COc1ccccc1NC(=O)NCc1nc(-c2ccc3c(c2)OCO3)no1. The van der Waals surface area contributed by atoms with Gasteiger partial charge < -0.3 is 29.4 Å². The number of benzene rings is 2. The summed E-state index contributed by atoms with van der Waals surface area (Å²) in [5.41, 5.74) is 1.29. The van der Waals surface area contributed by atoms with Gasteiger partial charge in [-0.1, -0.05) is 17.3 Å². The summed E-state index contributed by atoms with van der Waals surface area (Å²) in [6, 6.07) is 12.1. The summed E-state index contributed by atoms with van der Waals surface area (Å²) >= 11 is 0. The standard InChI is InChI=1S/C18H16N4O5/c1-24-13-5-3-2-4-12(13)20-18(23)19-9-16-21-17(22-27-16)11-6-7-14-15(8-11)26-10-25-14/h2-8H,9-10H2,1H3,(H2,19,20,23). The molecule has 2 amide bonds. The van der Waals surface area contributed by atoms with E-state index in [9.17, 15) is 4.79 Å². The van der Waals surface area contributed by atoms with E-state index in [4.69, 9.17) is 18.7 Å². The number of amides is 2. The van der Waals surface area contributed by atoms with Crippen LogP contribution in [0.4, 0.5) is 10.5 Å². The Morgan fingerprint density at radius 2 is 2.04 bits per heavy atom. The van der Waals surface area contributed by atoms with Gasteiger partial charge in [0.1, 0.15) is 5.75 Å². The fourth-order valence-electron chi connectivity index (χ4n) is 2.55. The topological polar surface area (TPSA) is 108 Å². The van der Waals surface area contributed by atoms with Crippen molar-refractivity contribution in [3.8, 4) is 28.6 Å². The molecule has 0 bridgehead atoms. The molecule has 1 aliphatic rings. The number of anilines is 1. The third kappa shape index (κ3) is 3.61. The molecule has 9 heteroatoms. The van der Waals surface area contributed by atoms with Crippen LogP contribution in [-0.4, -0.2) is 30.1 Å². The van der Waals surface area contributed by atoms with E-state index < -0.39 is 6.03 Å². The molecule has 0 radical (unpaired) electrons. The fraction of sp³-hybridized carbons (Fsp3) is 0.167. The van der Waals surface area contributed by atoms with E-state index in [0.717, 1.165) is 5.56 Å². The Hall–Kier alpha value is -3.75. The molecule has 2 N–H and O–H groups in total. The molecule has 4 rings (SSSR count).